The summed E-state index contributed by atoms with van der Waals surface area (Å²) in [6.45, 7) is 3.20. The second-order valence-corrected chi connectivity index (χ2v) is 4.80. The van der Waals surface area contributed by atoms with Crippen molar-refractivity contribution >= 4 is 5.82 Å². The maximum absolute atomic E-state index is 6.19. The van der Waals surface area contributed by atoms with Crippen LogP contribution in [0.5, 0.6) is 0 Å². The van der Waals surface area contributed by atoms with Gasteiger partial charge in [0.25, 0.3) is 0 Å². The normalized spacial score (nSPS) is 19.3. The van der Waals surface area contributed by atoms with E-state index in [1.165, 1.54) is 12.8 Å². The topological polar surface area (TPSA) is 61.7 Å². The Labute approximate surface area is 100 Å². The molecule has 1 unspecified atom stereocenters. The average Bonchev–Trinajstić information content (AvgIpc) is 2.85. The highest BCUT2D eigenvalue weighted by molar-refractivity contribution is 5.70. The standard InChI is InChI=1S/C12H17N5/c1-8-4-3-5-17-11(13)10(15-12(8)17)9-6-14-16(2)7-9/h6-8H,3-5,13H2,1-2H3. The van der Waals surface area contributed by atoms with Gasteiger partial charge in [0.15, 0.2) is 0 Å². The van der Waals surface area contributed by atoms with Crippen LogP contribution in [-0.4, -0.2) is 19.3 Å². The van der Waals surface area contributed by atoms with E-state index in [1.54, 1.807) is 4.68 Å². The molecule has 3 rings (SSSR count). The summed E-state index contributed by atoms with van der Waals surface area (Å²) < 4.78 is 3.92. The monoisotopic (exact) mass is 231 g/mol. The molecule has 0 amide bonds. The number of nitrogen functional groups attached to an aromatic ring is 1. The zero-order valence-electron chi connectivity index (χ0n) is 10.2. The summed E-state index contributed by atoms with van der Waals surface area (Å²) in [4.78, 5) is 4.70. The van der Waals surface area contributed by atoms with Gasteiger partial charge in [-0.1, -0.05) is 6.92 Å². The first-order valence-corrected chi connectivity index (χ1v) is 6.01. The molecule has 0 saturated carbocycles. The fraction of sp³-hybridized carbons (Fsp3) is 0.500. The highest BCUT2D eigenvalue weighted by Crippen LogP contribution is 2.33. The molecule has 5 nitrogen and oxygen atoms in total. The third kappa shape index (κ3) is 1.53. The third-order valence-corrected chi connectivity index (χ3v) is 3.47. The Morgan fingerprint density at radius 3 is 2.94 bits per heavy atom. The Kier molecular flexibility index (Phi) is 2.21. The van der Waals surface area contributed by atoms with Gasteiger partial charge in [0, 0.05) is 31.3 Å². The zero-order valence-corrected chi connectivity index (χ0v) is 10.2. The first kappa shape index (κ1) is 10.4. The number of rotatable bonds is 1. The van der Waals surface area contributed by atoms with E-state index < -0.39 is 0 Å². The van der Waals surface area contributed by atoms with Gasteiger partial charge in [0.1, 0.15) is 17.3 Å². The lowest BCUT2D eigenvalue weighted by molar-refractivity contribution is 0.467. The lowest BCUT2D eigenvalue weighted by Crippen LogP contribution is -2.15. The van der Waals surface area contributed by atoms with Crippen LogP contribution in [0.25, 0.3) is 11.3 Å². The number of hydrogen-bond donors (Lipinski definition) is 1. The van der Waals surface area contributed by atoms with Gasteiger partial charge in [-0.05, 0) is 12.8 Å². The van der Waals surface area contributed by atoms with Crippen molar-refractivity contribution < 1.29 is 0 Å². The molecule has 0 radical (unpaired) electrons. The van der Waals surface area contributed by atoms with E-state index >= 15 is 0 Å². The third-order valence-electron chi connectivity index (χ3n) is 3.47. The molecular weight excluding hydrogens is 214 g/mol. The smallest absolute Gasteiger partial charge is 0.131 e. The number of aryl methyl sites for hydroxylation is 1. The predicted molar refractivity (Wildman–Crippen MR) is 66.5 cm³/mol. The maximum Gasteiger partial charge on any atom is 0.131 e. The summed E-state index contributed by atoms with van der Waals surface area (Å²) >= 11 is 0. The molecule has 0 saturated heterocycles. The van der Waals surface area contributed by atoms with Crippen LogP contribution in [-0.2, 0) is 13.6 Å². The van der Waals surface area contributed by atoms with Crippen molar-refractivity contribution in [3.63, 3.8) is 0 Å². The summed E-state index contributed by atoms with van der Waals surface area (Å²) in [5, 5.41) is 4.17. The summed E-state index contributed by atoms with van der Waals surface area (Å²) in [5.41, 5.74) is 8.07. The van der Waals surface area contributed by atoms with Crippen LogP contribution in [0.3, 0.4) is 0 Å². The molecule has 1 aliphatic heterocycles. The largest absolute Gasteiger partial charge is 0.383 e. The van der Waals surface area contributed by atoms with Gasteiger partial charge in [-0.2, -0.15) is 5.10 Å². The second-order valence-electron chi connectivity index (χ2n) is 4.80. The van der Waals surface area contributed by atoms with E-state index in [9.17, 15) is 0 Å². The van der Waals surface area contributed by atoms with Crippen LogP contribution in [0, 0.1) is 0 Å². The van der Waals surface area contributed by atoms with E-state index in [4.69, 9.17) is 10.7 Å². The van der Waals surface area contributed by atoms with Crippen molar-refractivity contribution in [1.29, 1.82) is 0 Å². The molecule has 0 bridgehead atoms. The van der Waals surface area contributed by atoms with Crippen molar-refractivity contribution in [2.75, 3.05) is 5.73 Å². The number of aromatic nitrogens is 4. The van der Waals surface area contributed by atoms with E-state index in [0.29, 0.717) is 5.92 Å². The number of nitrogens with two attached hydrogens (primary N) is 1. The van der Waals surface area contributed by atoms with Crippen molar-refractivity contribution in [2.45, 2.75) is 32.2 Å². The average molecular weight is 231 g/mol. The Hall–Kier alpha value is -1.78. The minimum Gasteiger partial charge on any atom is -0.383 e. The molecule has 1 aliphatic rings. The van der Waals surface area contributed by atoms with Gasteiger partial charge < -0.3 is 10.3 Å². The van der Waals surface area contributed by atoms with Crippen molar-refractivity contribution in [3.05, 3.63) is 18.2 Å². The highest BCUT2D eigenvalue weighted by Gasteiger charge is 2.23. The van der Waals surface area contributed by atoms with Crippen LogP contribution in [0.15, 0.2) is 12.4 Å². The van der Waals surface area contributed by atoms with Crippen LogP contribution < -0.4 is 5.73 Å². The molecule has 0 aliphatic carbocycles. The second kappa shape index (κ2) is 3.61. The first-order valence-electron chi connectivity index (χ1n) is 6.01. The molecule has 2 aromatic heterocycles. The van der Waals surface area contributed by atoms with Crippen LogP contribution in [0.1, 0.15) is 31.5 Å². The van der Waals surface area contributed by atoms with Gasteiger partial charge >= 0.3 is 0 Å². The molecule has 17 heavy (non-hydrogen) atoms. The number of hydrogen-bond acceptors (Lipinski definition) is 3. The number of fused-ring (bicyclic) bond motifs is 1. The van der Waals surface area contributed by atoms with Crippen LogP contribution in [0.4, 0.5) is 5.82 Å². The molecule has 3 heterocycles. The summed E-state index contributed by atoms with van der Waals surface area (Å²) in [5.74, 6) is 2.39. The van der Waals surface area contributed by atoms with Crippen molar-refractivity contribution in [2.24, 2.45) is 7.05 Å². The molecule has 0 aromatic carbocycles. The first-order chi connectivity index (χ1) is 8.16. The lowest BCUT2D eigenvalue weighted by atomic mass is 10.0. The van der Waals surface area contributed by atoms with Gasteiger partial charge in [0.05, 0.1) is 6.20 Å². The van der Waals surface area contributed by atoms with E-state index in [0.717, 1.165) is 29.4 Å². The van der Waals surface area contributed by atoms with Crippen molar-refractivity contribution in [1.82, 2.24) is 19.3 Å². The minimum absolute atomic E-state index is 0.497. The summed E-state index contributed by atoms with van der Waals surface area (Å²) in [7, 11) is 1.90. The predicted octanol–water partition coefficient (Wildman–Crippen LogP) is 1.76. The van der Waals surface area contributed by atoms with E-state index in [2.05, 4.69) is 16.6 Å². The summed E-state index contributed by atoms with van der Waals surface area (Å²) in [6.07, 6.45) is 6.15. The number of nitrogens with zero attached hydrogens (tertiary/aromatic N) is 4. The van der Waals surface area contributed by atoms with Gasteiger partial charge in [0.2, 0.25) is 0 Å². The lowest BCUT2D eigenvalue weighted by Gasteiger charge is -2.20. The molecule has 0 spiro atoms. The zero-order chi connectivity index (χ0) is 12.0. The fourth-order valence-electron chi connectivity index (χ4n) is 2.54. The Morgan fingerprint density at radius 1 is 1.47 bits per heavy atom. The molecule has 5 heteroatoms. The fourth-order valence-corrected chi connectivity index (χ4v) is 2.54. The van der Waals surface area contributed by atoms with Crippen molar-refractivity contribution in [3.8, 4) is 11.3 Å². The molecule has 2 aromatic rings. The SMILES string of the molecule is CC1CCCn2c1nc(-c1cnn(C)c1)c2N. The van der Waals surface area contributed by atoms with E-state index in [1.807, 2.05) is 19.4 Å². The Balaban J connectivity index is 2.13. The molecular formula is C12H17N5. The molecule has 1 atom stereocenters. The highest BCUT2D eigenvalue weighted by atomic mass is 15.2. The summed E-state index contributed by atoms with van der Waals surface area (Å²) in [6, 6.07) is 0. The molecule has 0 fully saturated rings. The van der Waals surface area contributed by atoms with Gasteiger partial charge in [-0.3, -0.25) is 4.68 Å². The Bertz CT molecular complexity index is 551. The molecule has 90 valence electrons. The number of anilines is 1. The maximum atomic E-state index is 6.19. The quantitative estimate of drug-likeness (QED) is 0.813. The number of imidazole rings is 1. The van der Waals surface area contributed by atoms with Gasteiger partial charge in [-0.25, -0.2) is 4.98 Å². The molecule has 2 N–H and O–H groups in total. The minimum atomic E-state index is 0.497. The van der Waals surface area contributed by atoms with E-state index in [-0.39, 0.29) is 0 Å². The Morgan fingerprint density at radius 2 is 2.29 bits per heavy atom. The van der Waals surface area contributed by atoms with Crippen LogP contribution >= 0.6 is 0 Å². The van der Waals surface area contributed by atoms with Crippen LogP contribution in [0.2, 0.25) is 0 Å². The van der Waals surface area contributed by atoms with Gasteiger partial charge in [-0.15, -0.1) is 0 Å².